The molecule has 0 spiro atoms. The Hall–Kier alpha value is -3.29. The summed E-state index contributed by atoms with van der Waals surface area (Å²) in [5, 5.41) is 3.45. The largest absolute Gasteiger partial charge is 0.455 e. The monoisotopic (exact) mass is 494 g/mol. The van der Waals surface area contributed by atoms with E-state index in [1.807, 2.05) is 30.3 Å². The van der Waals surface area contributed by atoms with E-state index in [-0.39, 0.29) is 5.16 Å². The zero-order valence-electron chi connectivity index (χ0n) is 22.1. The summed E-state index contributed by atoms with van der Waals surface area (Å²) in [6.45, 7) is 14.2. The summed E-state index contributed by atoms with van der Waals surface area (Å²) in [5.74, 6) is 0.852. The summed E-state index contributed by atoms with van der Waals surface area (Å²) in [7, 11) is -2.58. The molecule has 0 aliphatic heterocycles. The third-order valence-electron chi connectivity index (χ3n) is 6.91. The third kappa shape index (κ3) is 4.16. The van der Waals surface area contributed by atoms with E-state index >= 15 is 0 Å². The van der Waals surface area contributed by atoms with Gasteiger partial charge in [-0.3, -0.25) is 0 Å². The molecule has 0 amide bonds. The Morgan fingerprint density at radius 1 is 0.778 bits per heavy atom. The number of para-hydroxylation sites is 2. The number of benzene rings is 4. The summed E-state index contributed by atoms with van der Waals surface area (Å²) in [4.78, 5) is 0. The fraction of sp³-hybridized carbons (Fsp3) is 0.250. The Labute approximate surface area is 214 Å². The van der Waals surface area contributed by atoms with Crippen molar-refractivity contribution in [3.05, 3.63) is 102 Å². The van der Waals surface area contributed by atoms with Gasteiger partial charge in [0.2, 0.25) is 0 Å². The average Bonchev–Trinajstić information content (AvgIpc) is 3.18. The van der Waals surface area contributed by atoms with Gasteiger partial charge in [0.1, 0.15) is 5.75 Å². The molecule has 3 nitrogen and oxygen atoms in total. The highest BCUT2D eigenvalue weighted by Gasteiger charge is 2.39. The smallest absolute Gasteiger partial charge is 0.173 e. The van der Waals surface area contributed by atoms with Gasteiger partial charge < -0.3 is 9.09 Å². The van der Waals surface area contributed by atoms with Crippen molar-refractivity contribution >= 4 is 40.1 Å². The molecule has 0 saturated carbocycles. The highest BCUT2D eigenvalue weighted by molar-refractivity contribution is 7.71. The molecule has 1 aromatic heterocycles. The number of fused-ring (bicyclic) bond motifs is 3. The van der Waals surface area contributed by atoms with Crippen LogP contribution in [0.4, 0.5) is 5.69 Å². The first kappa shape index (κ1) is 24.4. The van der Waals surface area contributed by atoms with Gasteiger partial charge in [-0.25, -0.2) is 4.74 Å². The van der Waals surface area contributed by atoms with Crippen molar-refractivity contribution in [3.8, 4) is 5.75 Å². The van der Waals surface area contributed by atoms with Gasteiger partial charge in [0.05, 0.1) is 5.69 Å². The number of rotatable bonds is 5. The average molecular weight is 495 g/mol. The van der Waals surface area contributed by atoms with Crippen LogP contribution in [0.2, 0.25) is 0 Å². The van der Waals surface area contributed by atoms with Crippen LogP contribution in [0.5, 0.6) is 5.75 Å². The summed E-state index contributed by atoms with van der Waals surface area (Å²) in [5.41, 5.74) is 5.92. The van der Waals surface area contributed by atoms with E-state index in [4.69, 9.17) is 9.27 Å². The zero-order valence-corrected chi connectivity index (χ0v) is 23.0. The summed E-state index contributed by atoms with van der Waals surface area (Å²) >= 11 is 0. The van der Waals surface area contributed by atoms with Crippen LogP contribution in [-0.2, 0) is 6.54 Å². The summed E-state index contributed by atoms with van der Waals surface area (Å²) in [6, 6.07) is 32.2. The van der Waals surface area contributed by atoms with Crippen molar-refractivity contribution in [3.63, 3.8) is 0 Å². The second-order valence-electron chi connectivity index (χ2n) is 10.5. The van der Waals surface area contributed by atoms with Crippen molar-refractivity contribution in [2.75, 3.05) is 0 Å². The molecule has 1 atom stereocenters. The third-order valence-corrected chi connectivity index (χ3v) is 10.7. The standard InChI is InChI=1S/C32H35N2OP/c1-7-34-30-16-12-11-15-27(30)28-22-26(18-20-31(28)34)36(32(4,5)6,35-25-13-9-8-10-14-25)33-29-19-17-23(2)21-24(29)3/h8-22H,7H2,1-6H3/t36-/m0/s1. The van der Waals surface area contributed by atoms with Crippen molar-refractivity contribution in [1.82, 2.24) is 4.57 Å². The van der Waals surface area contributed by atoms with Gasteiger partial charge in [-0.05, 0) is 68.8 Å². The molecule has 184 valence electrons. The van der Waals surface area contributed by atoms with Gasteiger partial charge >= 0.3 is 0 Å². The molecule has 0 N–H and O–H groups in total. The fourth-order valence-electron chi connectivity index (χ4n) is 5.08. The van der Waals surface area contributed by atoms with Crippen LogP contribution < -0.4 is 9.83 Å². The minimum atomic E-state index is -2.58. The van der Waals surface area contributed by atoms with E-state index in [0.29, 0.717) is 0 Å². The first-order valence-electron chi connectivity index (χ1n) is 12.7. The molecule has 1 heterocycles. The van der Waals surface area contributed by atoms with Crippen LogP contribution in [0.15, 0.2) is 95.7 Å². The highest BCUT2D eigenvalue weighted by atomic mass is 31.2. The Kier molecular flexibility index (Phi) is 6.30. The van der Waals surface area contributed by atoms with Crippen LogP contribution in [0.1, 0.15) is 38.8 Å². The normalized spacial score (nSPS) is 13.6. The molecule has 0 bridgehead atoms. The SMILES string of the molecule is CCn1c2ccccc2c2cc([P@](=Nc3ccc(C)cc3C)(Oc3ccccc3)C(C)(C)C)ccc21. The van der Waals surface area contributed by atoms with Gasteiger partial charge in [-0.2, -0.15) is 0 Å². The van der Waals surface area contributed by atoms with Crippen LogP contribution in [0, 0.1) is 13.8 Å². The lowest BCUT2D eigenvalue weighted by molar-refractivity contribution is 0.571. The van der Waals surface area contributed by atoms with Crippen LogP contribution in [0.3, 0.4) is 0 Å². The molecule has 0 aliphatic rings. The summed E-state index contributed by atoms with van der Waals surface area (Å²) in [6.07, 6.45) is 0. The molecule has 0 aliphatic carbocycles. The molecule has 0 fully saturated rings. The maximum absolute atomic E-state index is 7.07. The zero-order chi connectivity index (χ0) is 25.5. The Balaban J connectivity index is 1.86. The molecule has 4 aromatic carbocycles. The topological polar surface area (TPSA) is 26.5 Å². The van der Waals surface area contributed by atoms with Gasteiger partial charge in [0.15, 0.2) is 7.28 Å². The lowest BCUT2D eigenvalue weighted by Gasteiger charge is -2.37. The molecule has 0 unspecified atom stereocenters. The van der Waals surface area contributed by atoms with Crippen molar-refractivity contribution < 1.29 is 4.52 Å². The molecule has 0 saturated heterocycles. The first-order chi connectivity index (χ1) is 17.2. The van der Waals surface area contributed by atoms with Crippen molar-refractivity contribution in [2.24, 2.45) is 4.74 Å². The van der Waals surface area contributed by atoms with Gasteiger partial charge in [0.25, 0.3) is 0 Å². The quantitative estimate of drug-likeness (QED) is 0.224. The lowest BCUT2D eigenvalue weighted by atomic mass is 10.1. The number of nitrogens with zero attached hydrogens (tertiary/aromatic N) is 2. The minimum Gasteiger partial charge on any atom is -0.455 e. The van der Waals surface area contributed by atoms with Crippen LogP contribution >= 0.6 is 7.28 Å². The maximum Gasteiger partial charge on any atom is 0.173 e. The van der Waals surface area contributed by atoms with Gasteiger partial charge in [0, 0.05) is 38.8 Å². The Morgan fingerprint density at radius 2 is 1.47 bits per heavy atom. The predicted molar refractivity (Wildman–Crippen MR) is 156 cm³/mol. The molecule has 5 rings (SSSR count). The van der Waals surface area contributed by atoms with Crippen molar-refractivity contribution in [1.29, 1.82) is 0 Å². The van der Waals surface area contributed by atoms with Crippen molar-refractivity contribution in [2.45, 2.75) is 53.2 Å². The first-order valence-corrected chi connectivity index (χ1v) is 14.4. The number of hydrogen-bond donors (Lipinski definition) is 0. The lowest BCUT2D eigenvalue weighted by Crippen LogP contribution is -2.27. The molecular formula is C32H35N2OP. The van der Waals surface area contributed by atoms with E-state index in [1.165, 1.54) is 32.9 Å². The summed E-state index contributed by atoms with van der Waals surface area (Å²) < 4.78 is 15.0. The molecule has 0 radical (unpaired) electrons. The second kappa shape index (κ2) is 9.30. The number of hydrogen-bond acceptors (Lipinski definition) is 2. The Bertz CT molecular complexity index is 1610. The van der Waals surface area contributed by atoms with E-state index in [9.17, 15) is 0 Å². The second-order valence-corrected chi connectivity index (χ2v) is 13.9. The minimum absolute atomic E-state index is 0.239. The Morgan fingerprint density at radius 3 is 2.17 bits per heavy atom. The highest BCUT2D eigenvalue weighted by Crippen LogP contribution is 2.62. The van der Waals surface area contributed by atoms with E-state index < -0.39 is 7.28 Å². The van der Waals surface area contributed by atoms with Gasteiger partial charge in [-0.1, -0.05) is 74.9 Å². The predicted octanol–water partition coefficient (Wildman–Crippen LogP) is 9.38. The fourth-order valence-corrected chi connectivity index (χ4v) is 8.22. The molecule has 36 heavy (non-hydrogen) atoms. The molecule has 5 aromatic rings. The van der Waals surface area contributed by atoms with Crippen LogP contribution in [-0.4, -0.2) is 9.72 Å². The molecular weight excluding hydrogens is 459 g/mol. The maximum atomic E-state index is 7.07. The number of aromatic nitrogens is 1. The van der Waals surface area contributed by atoms with Crippen LogP contribution in [0.25, 0.3) is 21.8 Å². The van der Waals surface area contributed by atoms with Gasteiger partial charge in [-0.15, -0.1) is 0 Å². The number of aryl methyl sites for hydroxylation is 3. The van der Waals surface area contributed by atoms with E-state index in [2.05, 4.69) is 107 Å². The molecule has 4 heteroatoms. The van der Waals surface area contributed by atoms with E-state index in [0.717, 1.165) is 23.3 Å². The van der Waals surface area contributed by atoms with E-state index in [1.54, 1.807) is 0 Å².